The summed E-state index contributed by atoms with van der Waals surface area (Å²) in [6.45, 7) is 0. The predicted molar refractivity (Wildman–Crippen MR) is 55.3 cm³/mol. The molecule has 66 valence electrons. The average molecular weight is 211 g/mol. The van der Waals surface area contributed by atoms with Gasteiger partial charge in [-0.3, -0.25) is 4.57 Å². The van der Waals surface area contributed by atoms with Crippen LogP contribution in [0.15, 0.2) is 47.9 Å². The lowest BCUT2D eigenvalue weighted by molar-refractivity contribution is 0.900. The molecular formula is C9H7ClN2S. The molecule has 4 heteroatoms. The summed E-state index contributed by atoms with van der Waals surface area (Å²) in [5.74, 6) is 0. The van der Waals surface area contributed by atoms with Crippen molar-refractivity contribution >= 4 is 21.7 Å². The first-order valence-corrected chi connectivity index (χ1v) is 5.43. The summed E-state index contributed by atoms with van der Waals surface area (Å²) in [7, 11) is 6.78. The molecule has 0 spiro atoms. The van der Waals surface area contributed by atoms with Crippen molar-refractivity contribution in [1.82, 2.24) is 9.55 Å². The van der Waals surface area contributed by atoms with E-state index >= 15 is 0 Å². The zero-order valence-electron chi connectivity index (χ0n) is 6.72. The van der Waals surface area contributed by atoms with Gasteiger partial charge < -0.3 is 0 Å². The Bertz CT molecular complexity index is 386. The van der Waals surface area contributed by atoms with Gasteiger partial charge in [-0.15, -0.1) is 0 Å². The molecule has 1 aromatic heterocycles. The highest BCUT2D eigenvalue weighted by Gasteiger charge is 2.02. The molecule has 0 bridgehead atoms. The Morgan fingerprint density at radius 2 is 2.00 bits per heavy atom. The molecule has 0 aliphatic rings. The number of halogens is 1. The fraction of sp³-hybridized carbons (Fsp3) is 0. The van der Waals surface area contributed by atoms with Crippen LogP contribution < -0.4 is 0 Å². The molecule has 0 aliphatic heterocycles. The SMILES string of the molecule is ClSc1nccn1-c1ccccc1. The molecule has 1 aromatic carbocycles. The third kappa shape index (κ3) is 1.71. The summed E-state index contributed by atoms with van der Waals surface area (Å²) >= 11 is 0. The predicted octanol–water partition coefficient (Wildman–Crippen LogP) is 3.12. The molecule has 0 aliphatic carbocycles. The van der Waals surface area contributed by atoms with Crippen LogP contribution in [-0.2, 0) is 0 Å². The molecule has 2 nitrogen and oxygen atoms in total. The highest BCUT2D eigenvalue weighted by molar-refractivity contribution is 8.21. The van der Waals surface area contributed by atoms with E-state index in [0.717, 1.165) is 21.8 Å². The molecule has 0 unspecified atom stereocenters. The number of aromatic nitrogens is 2. The van der Waals surface area contributed by atoms with Gasteiger partial charge in [0.15, 0.2) is 5.16 Å². The van der Waals surface area contributed by atoms with Crippen molar-refractivity contribution in [3.05, 3.63) is 42.7 Å². The number of rotatable bonds is 2. The molecule has 2 aromatic rings. The maximum absolute atomic E-state index is 5.66. The maximum atomic E-state index is 5.66. The van der Waals surface area contributed by atoms with Crippen molar-refractivity contribution in [1.29, 1.82) is 0 Å². The molecule has 0 fully saturated rings. The van der Waals surface area contributed by atoms with Gasteiger partial charge in [0.05, 0.1) is 0 Å². The minimum absolute atomic E-state index is 0.785. The minimum Gasteiger partial charge on any atom is -0.294 e. The number of imidazole rings is 1. The van der Waals surface area contributed by atoms with Gasteiger partial charge in [-0.05, 0) is 22.8 Å². The fourth-order valence-corrected chi connectivity index (χ4v) is 1.82. The first kappa shape index (κ1) is 8.66. The van der Waals surface area contributed by atoms with Crippen LogP contribution in [-0.4, -0.2) is 9.55 Å². The van der Waals surface area contributed by atoms with E-state index in [0.29, 0.717) is 0 Å². The summed E-state index contributed by atoms with van der Waals surface area (Å²) in [4.78, 5) is 4.11. The number of benzene rings is 1. The van der Waals surface area contributed by atoms with Crippen LogP contribution in [0.4, 0.5) is 0 Å². The van der Waals surface area contributed by atoms with E-state index in [1.54, 1.807) is 6.20 Å². The van der Waals surface area contributed by atoms with Crippen LogP contribution >= 0.6 is 21.7 Å². The van der Waals surface area contributed by atoms with Crippen molar-refractivity contribution in [2.75, 3.05) is 0 Å². The van der Waals surface area contributed by atoms with Gasteiger partial charge in [-0.1, -0.05) is 18.2 Å². The molecule has 0 atom stereocenters. The van der Waals surface area contributed by atoms with Crippen molar-refractivity contribution in [3.63, 3.8) is 0 Å². The number of para-hydroxylation sites is 1. The summed E-state index contributed by atoms with van der Waals surface area (Å²) in [6, 6.07) is 9.97. The third-order valence-corrected chi connectivity index (χ3v) is 2.56. The Balaban J connectivity index is 2.47. The lowest BCUT2D eigenvalue weighted by Crippen LogP contribution is -1.92. The molecule has 0 amide bonds. The van der Waals surface area contributed by atoms with Gasteiger partial charge in [0.1, 0.15) is 0 Å². The smallest absolute Gasteiger partial charge is 0.188 e. The Hall–Kier alpha value is -0.930. The molecule has 0 radical (unpaired) electrons. The Labute approximate surface area is 85.1 Å². The topological polar surface area (TPSA) is 17.8 Å². The van der Waals surface area contributed by atoms with Crippen molar-refractivity contribution in [2.24, 2.45) is 0 Å². The average Bonchev–Trinajstić information content (AvgIpc) is 2.67. The van der Waals surface area contributed by atoms with Gasteiger partial charge in [-0.25, -0.2) is 4.98 Å². The Morgan fingerprint density at radius 1 is 1.23 bits per heavy atom. The molecule has 1 heterocycles. The highest BCUT2D eigenvalue weighted by atomic mass is 35.7. The normalized spacial score (nSPS) is 10.2. The second-order valence-electron chi connectivity index (χ2n) is 2.49. The van der Waals surface area contributed by atoms with Gasteiger partial charge in [0, 0.05) is 29.1 Å². The quantitative estimate of drug-likeness (QED) is 0.758. The van der Waals surface area contributed by atoms with Crippen LogP contribution in [0.5, 0.6) is 0 Å². The summed E-state index contributed by atoms with van der Waals surface area (Å²) in [5.41, 5.74) is 1.07. The number of hydrogen-bond acceptors (Lipinski definition) is 2. The van der Waals surface area contributed by atoms with Crippen molar-refractivity contribution in [2.45, 2.75) is 5.16 Å². The van der Waals surface area contributed by atoms with E-state index in [9.17, 15) is 0 Å². The van der Waals surface area contributed by atoms with E-state index in [4.69, 9.17) is 10.7 Å². The Morgan fingerprint density at radius 3 is 2.69 bits per heavy atom. The summed E-state index contributed by atoms with van der Waals surface area (Å²) in [6.07, 6.45) is 3.62. The van der Waals surface area contributed by atoms with Gasteiger partial charge in [-0.2, -0.15) is 0 Å². The molecule has 0 saturated heterocycles. The van der Waals surface area contributed by atoms with Crippen molar-refractivity contribution < 1.29 is 0 Å². The van der Waals surface area contributed by atoms with Crippen LogP contribution in [0, 0.1) is 0 Å². The lowest BCUT2D eigenvalue weighted by Gasteiger charge is -2.03. The largest absolute Gasteiger partial charge is 0.294 e. The van der Waals surface area contributed by atoms with Gasteiger partial charge in [0.2, 0.25) is 0 Å². The van der Waals surface area contributed by atoms with Crippen LogP contribution in [0.1, 0.15) is 0 Å². The molecule has 13 heavy (non-hydrogen) atoms. The molecule has 0 saturated carbocycles. The van der Waals surface area contributed by atoms with Gasteiger partial charge in [0.25, 0.3) is 0 Å². The maximum Gasteiger partial charge on any atom is 0.188 e. The lowest BCUT2D eigenvalue weighted by atomic mass is 10.3. The zero-order chi connectivity index (χ0) is 9.10. The van der Waals surface area contributed by atoms with E-state index in [-0.39, 0.29) is 0 Å². The first-order valence-electron chi connectivity index (χ1n) is 3.79. The van der Waals surface area contributed by atoms with E-state index in [2.05, 4.69) is 4.98 Å². The van der Waals surface area contributed by atoms with E-state index < -0.39 is 0 Å². The molecule has 2 rings (SSSR count). The van der Waals surface area contributed by atoms with Crippen LogP contribution in [0.25, 0.3) is 5.69 Å². The standard InChI is InChI=1S/C9H7ClN2S/c10-13-9-11-6-7-12(9)8-4-2-1-3-5-8/h1-7H. The molecule has 0 N–H and O–H groups in total. The van der Waals surface area contributed by atoms with Gasteiger partial charge >= 0.3 is 0 Å². The zero-order valence-corrected chi connectivity index (χ0v) is 8.29. The van der Waals surface area contributed by atoms with Crippen molar-refractivity contribution in [3.8, 4) is 5.69 Å². The second-order valence-corrected chi connectivity index (χ2v) is 3.47. The number of hydrogen-bond donors (Lipinski definition) is 0. The third-order valence-electron chi connectivity index (χ3n) is 1.71. The highest BCUT2D eigenvalue weighted by Crippen LogP contribution is 2.22. The van der Waals surface area contributed by atoms with E-state index in [1.165, 1.54) is 0 Å². The van der Waals surface area contributed by atoms with Crippen LogP contribution in [0.3, 0.4) is 0 Å². The summed E-state index contributed by atoms with van der Waals surface area (Å²) in [5, 5.41) is 0.785. The number of nitrogens with zero attached hydrogens (tertiary/aromatic N) is 2. The first-order chi connectivity index (χ1) is 6.42. The minimum atomic E-state index is 0.785. The second kappa shape index (κ2) is 3.85. The Kier molecular flexibility index (Phi) is 2.57. The fourth-order valence-electron chi connectivity index (χ4n) is 1.13. The van der Waals surface area contributed by atoms with Crippen LogP contribution in [0.2, 0.25) is 0 Å². The molecular weight excluding hydrogens is 204 g/mol. The monoisotopic (exact) mass is 210 g/mol. The van der Waals surface area contributed by atoms with E-state index in [1.807, 2.05) is 41.1 Å². The summed E-state index contributed by atoms with van der Waals surface area (Å²) < 4.78 is 1.94.